The summed E-state index contributed by atoms with van der Waals surface area (Å²) in [4.78, 5) is 8.38. The highest BCUT2D eigenvalue weighted by Gasteiger charge is 2.13. The minimum absolute atomic E-state index is 0.277. The number of thioether (sulfide) groups is 1. The molecule has 0 aliphatic heterocycles. The fourth-order valence-electron chi connectivity index (χ4n) is 1.37. The number of nitrogens with one attached hydrogen (secondary N) is 1. The Hall–Kier alpha value is -0.810. The normalized spacial score (nSPS) is 12.8. The minimum Gasteiger partial charge on any atom is -0.380 e. The van der Waals surface area contributed by atoms with E-state index in [-0.39, 0.29) is 6.04 Å². The van der Waals surface area contributed by atoms with Crippen molar-refractivity contribution < 1.29 is 4.74 Å². The van der Waals surface area contributed by atoms with E-state index in [9.17, 15) is 0 Å². The summed E-state index contributed by atoms with van der Waals surface area (Å²) < 4.78 is 5.47. The van der Waals surface area contributed by atoms with Crippen LogP contribution >= 0.6 is 11.8 Å². The molecule has 0 aliphatic carbocycles. The van der Waals surface area contributed by atoms with E-state index < -0.39 is 0 Å². The third-order valence-corrected chi connectivity index (χ3v) is 3.13. The Bertz CT molecular complexity index is 333. The molecule has 17 heavy (non-hydrogen) atoms. The molecule has 0 amide bonds. The molecule has 96 valence electrons. The largest absolute Gasteiger partial charge is 0.380 e. The monoisotopic (exact) mass is 255 g/mol. The van der Waals surface area contributed by atoms with Crippen molar-refractivity contribution in [1.29, 1.82) is 0 Å². The molecule has 0 saturated heterocycles. The van der Waals surface area contributed by atoms with Gasteiger partial charge in [0.2, 0.25) is 0 Å². The number of aromatic nitrogens is 2. The van der Waals surface area contributed by atoms with Crippen molar-refractivity contribution in [3.8, 4) is 0 Å². The zero-order valence-electron chi connectivity index (χ0n) is 10.9. The average molecular weight is 255 g/mol. The smallest absolute Gasteiger partial charge is 0.130 e. The molecular weight excluding hydrogens is 234 g/mol. The predicted molar refractivity (Wildman–Crippen MR) is 72.6 cm³/mol. The summed E-state index contributed by atoms with van der Waals surface area (Å²) in [6.45, 7) is 7.80. The highest BCUT2D eigenvalue weighted by molar-refractivity contribution is 7.98. The quantitative estimate of drug-likeness (QED) is 0.599. The molecule has 1 heterocycles. The second kappa shape index (κ2) is 7.50. The van der Waals surface area contributed by atoms with E-state index in [0.29, 0.717) is 12.5 Å². The van der Waals surface area contributed by atoms with E-state index in [4.69, 9.17) is 4.74 Å². The van der Waals surface area contributed by atoms with Crippen molar-refractivity contribution in [2.45, 2.75) is 31.8 Å². The molecule has 0 fully saturated rings. The van der Waals surface area contributed by atoms with Crippen LogP contribution in [-0.4, -0.2) is 35.5 Å². The van der Waals surface area contributed by atoms with Crippen LogP contribution in [0.25, 0.3) is 0 Å². The third kappa shape index (κ3) is 4.91. The first kappa shape index (κ1) is 14.3. The van der Waals surface area contributed by atoms with E-state index in [1.54, 1.807) is 18.1 Å². The van der Waals surface area contributed by atoms with E-state index in [0.717, 1.165) is 17.5 Å². The van der Waals surface area contributed by atoms with Gasteiger partial charge in [0.15, 0.2) is 0 Å². The Morgan fingerprint density at radius 1 is 1.41 bits per heavy atom. The fourth-order valence-corrected chi connectivity index (χ4v) is 1.75. The molecule has 1 atom stereocenters. The van der Waals surface area contributed by atoms with E-state index in [2.05, 4.69) is 29.1 Å². The first-order valence-corrected chi connectivity index (χ1v) is 7.10. The van der Waals surface area contributed by atoms with Crippen molar-refractivity contribution in [3.05, 3.63) is 12.4 Å². The van der Waals surface area contributed by atoms with E-state index in [1.165, 1.54) is 0 Å². The summed E-state index contributed by atoms with van der Waals surface area (Å²) in [5.41, 5.74) is 0. The first-order valence-electron chi connectivity index (χ1n) is 5.87. The molecule has 1 aromatic heterocycles. The van der Waals surface area contributed by atoms with Gasteiger partial charge in [0, 0.05) is 12.7 Å². The molecule has 0 aliphatic rings. The van der Waals surface area contributed by atoms with Crippen LogP contribution in [0.15, 0.2) is 17.4 Å². The Labute approximate surface area is 108 Å². The molecule has 0 bridgehead atoms. The average Bonchev–Trinajstić information content (AvgIpc) is 2.34. The number of anilines is 1. The topological polar surface area (TPSA) is 47.0 Å². The summed E-state index contributed by atoms with van der Waals surface area (Å²) in [5.74, 6) is 1.36. The minimum atomic E-state index is 0.277. The molecule has 0 saturated carbocycles. The highest BCUT2D eigenvalue weighted by Crippen LogP contribution is 2.16. The lowest BCUT2D eigenvalue weighted by Gasteiger charge is -2.22. The van der Waals surface area contributed by atoms with Gasteiger partial charge in [0.1, 0.15) is 17.2 Å². The van der Waals surface area contributed by atoms with Gasteiger partial charge in [-0.05, 0) is 19.1 Å². The zero-order chi connectivity index (χ0) is 12.7. The van der Waals surface area contributed by atoms with Gasteiger partial charge in [-0.3, -0.25) is 0 Å². The van der Waals surface area contributed by atoms with Crippen LogP contribution in [0.4, 0.5) is 5.82 Å². The second-order valence-corrected chi connectivity index (χ2v) is 4.93. The van der Waals surface area contributed by atoms with E-state index in [1.807, 2.05) is 19.2 Å². The van der Waals surface area contributed by atoms with Gasteiger partial charge in [-0.25, -0.2) is 9.97 Å². The number of nitrogens with zero attached hydrogens (tertiary/aromatic N) is 2. The number of ether oxygens (including phenoxy) is 1. The maximum Gasteiger partial charge on any atom is 0.130 e. The third-order valence-electron chi connectivity index (χ3n) is 2.49. The van der Waals surface area contributed by atoms with Crippen LogP contribution in [0.3, 0.4) is 0 Å². The van der Waals surface area contributed by atoms with Crippen LogP contribution in [0.1, 0.15) is 20.8 Å². The lowest BCUT2D eigenvalue weighted by atomic mass is 10.1. The van der Waals surface area contributed by atoms with Crippen molar-refractivity contribution in [1.82, 2.24) is 9.97 Å². The summed E-state index contributed by atoms with van der Waals surface area (Å²) in [5, 5.41) is 4.37. The maximum atomic E-state index is 5.47. The highest BCUT2D eigenvalue weighted by atomic mass is 32.2. The van der Waals surface area contributed by atoms with Gasteiger partial charge >= 0.3 is 0 Å². The second-order valence-electron chi connectivity index (χ2n) is 4.10. The molecule has 1 unspecified atom stereocenters. The molecule has 0 aromatic carbocycles. The van der Waals surface area contributed by atoms with Crippen molar-refractivity contribution in [2.24, 2.45) is 5.92 Å². The van der Waals surface area contributed by atoms with Gasteiger partial charge < -0.3 is 10.1 Å². The molecule has 1 rings (SSSR count). The van der Waals surface area contributed by atoms with Gasteiger partial charge in [-0.15, -0.1) is 11.8 Å². The summed E-state index contributed by atoms with van der Waals surface area (Å²) >= 11 is 1.61. The molecule has 0 radical (unpaired) electrons. The van der Waals surface area contributed by atoms with Gasteiger partial charge in [-0.2, -0.15) is 0 Å². The summed E-state index contributed by atoms with van der Waals surface area (Å²) in [6.07, 6.45) is 3.60. The van der Waals surface area contributed by atoms with Gasteiger partial charge in [-0.1, -0.05) is 13.8 Å². The van der Waals surface area contributed by atoms with Crippen molar-refractivity contribution >= 4 is 17.6 Å². The standard InChI is InChI=1S/C12H21N3OS/c1-5-16-7-10(9(2)3)15-11-6-12(17-4)14-8-13-11/h6,8-10H,5,7H2,1-4H3,(H,13,14,15). The Morgan fingerprint density at radius 2 is 2.18 bits per heavy atom. The predicted octanol–water partition coefficient (Wildman–Crippen LogP) is 2.67. The van der Waals surface area contributed by atoms with Crippen LogP contribution in [0, 0.1) is 5.92 Å². The molecular formula is C12H21N3OS. The Kier molecular flexibility index (Phi) is 6.29. The maximum absolute atomic E-state index is 5.47. The van der Waals surface area contributed by atoms with Crippen LogP contribution in [0.5, 0.6) is 0 Å². The lowest BCUT2D eigenvalue weighted by molar-refractivity contribution is 0.126. The number of hydrogen-bond donors (Lipinski definition) is 1. The molecule has 4 nitrogen and oxygen atoms in total. The fraction of sp³-hybridized carbons (Fsp3) is 0.667. The first-order chi connectivity index (χ1) is 8.17. The van der Waals surface area contributed by atoms with Crippen molar-refractivity contribution in [2.75, 3.05) is 24.8 Å². The molecule has 5 heteroatoms. The van der Waals surface area contributed by atoms with Crippen molar-refractivity contribution in [3.63, 3.8) is 0 Å². The number of hydrogen-bond acceptors (Lipinski definition) is 5. The van der Waals surface area contributed by atoms with Gasteiger partial charge in [0.25, 0.3) is 0 Å². The molecule has 1 N–H and O–H groups in total. The SMILES string of the molecule is CCOCC(Nc1cc(SC)ncn1)C(C)C. The molecule has 1 aromatic rings. The zero-order valence-corrected chi connectivity index (χ0v) is 11.8. The van der Waals surface area contributed by atoms with Crippen LogP contribution in [-0.2, 0) is 4.74 Å². The van der Waals surface area contributed by atoms with Gasteiger partial charge in [0.05, 0.1) is 12.6 Å². The van der Waals surface area contributed by atoms with Crippen LogP contribution < -0.4 is 5.32 Å². The molecule has 0 spiro atoms. The Balaban J connectivity index is 2.64. The Morgan fingerprint density at radius 3 is 2.76 bits per heavy atom. The van der Waals surface area contributed by atoms with E-state index >= 15 is 0 Å². The number of rotatable bonds is 7. The van der Waals surface area contributed by atoms with Crippen LogP contribution in [0.2, 0.25) is 0 Å². The lowest BCUT2D eigenvalue weighted by Crippen LogP contribution is -2.31. The summed E-state index contributed by atoms with van der Waals surface area (Å²) in [7, 11) is 0. The summed E-state index contributed by atoms with van der Waals surface area (Å²) in [6, 6.07) is 2.24.